The lowest BCUT2D eigenvalue weighted by molar-refractivity contribution is 0.0342. The molecule has 4 rings (SSSR count). The fourth-order valence-electron chi connectivity index (χ4n) is 3.60. The molecule has 0 radical (unpaired) electrons. The Kier molecular flexibility index (Phi) is 5.07. The highest BCUT2D eigenvalue weighted by molar-refractivity contribution is 5.96. The first-order chi connectivity index (χ1) is 13.1. The van der Waals surface area contributed by atoms with E-state index < -0.39 is 11.7 Å². The number of nitrogens with zero attached hydrogens (tertiary/aromatic N) is 1. The molecular formula is C22H23NO4. The highest BCUT2D eigenvalue weighted by Gasteiger charge is 2.19. The first-order valence-corrected chi connectivity index (χ1v) is 9.26. The average molecular weight is 365 g/mol. The van der Waals surface area contributed by atoms with Crippen LogP contribution < -0.4 is 5.63 Å². The van der Waals surface area contributed by atoms with Gasteiger partial charge in [-0.1, -0.05) is 42.5 Å². The van der Waals surface area contributed by atoms with Gasteiger partial charge in [0, 0.05) is 30.6 Å². The van der Waals surface area contributed by atoms with Gasteiger partial charge in [-0.3, -0.25) is 4.90 Å². The minimum atomic E-state index is -0.870. The zero-order valence-electron chi connectivity index (χ0n) is 15.4. The molecule has 1 fully saturated rings. The summed E-state index contributed by atoms with van der Waals surface area (Å²) in [5, 5.41) is 11.5. The van der Waals surface area contributed by atoms with Crippen LogP contribution in [-0.2, 0) is 11.3 Å². The molecule has 5 nitrogen and oxygen atoms in total. The van der Waals surface area contributed by atoms with Gasteiger partial charge in [0.2, 0.25) is 0 Å². The van der Waals surface area contributed by atoms with Gasteiger partial charge in [0.15, 0.2) is 0 Å². The van der Waals surface area contributed by atoms with Gasteiger partial charge in [-0.15, -0.1) is 0 Å². The summed E-state index contributed by atoms with van der Waals surface area (Å²) >= 11 is 0. The van der Waals surface area contributed by atoms with Crippen LogP contribution in [0.15, 0.2) is 57.7 Å². The SMILES string of the molecule is CC(O)c1oc(=O)c2ccccc2c1-c1ccc(CN2CCOCC2)cc1. The van der Waals surface area contributed by atoms with Crippen LogP contribution in [0.1, 0.15) is 24.4 Å². The maximum Gasteiger partial charge on any atom is 0.343 e. The number of rotatable bonds is 4. The largest absolute Gasteiger partial charge is 0.424 e. The Morgan fingerprint density at radius 3 is 2.37 bits per heavy atom. The number of aliphatic hydroxyl groups is 1. The van der Waals surface area contributed by atoms with Crippen molar-refractivity contribution in [2.24, 2.45) is 0 Å². The standard InChI is InChI=1S/C22H23NO4/c1-15(24)21-20(18-4-2-3-5-19(18)22(25)27-21)17-8-6-16(7-9-17)14-23-10-12-26-13-11-23/h2-9,15,24H,10-14H2,1H3. The van der Waals surface area contributed by atoms with Crippen LogP contribution in [0.2, 0.25) is 0 Å². The Morgan fingerprint density at radius 1 is 1.04 bits per heavy atom. The van der Waals surface area contributed by atoms with Gasteiger partial charge in [-0.25, -0.2) is 4.79 Å². The zero-order chi connectivity index (χ0) is 18.8. The van der Waals surface area contributed by atoms with E-state index in [0.29, 0.717) is 11.1 Å². The number of fused-ring (bicyclic) bond motifs is 1. The van der Waals surface area contributed by atoms with Gasteiger partial charge in [0.1, 0.15) is 11.9 Å². The third-order valence-corrected chi connectivity index (χ3v) is 5.00. The van der Waals surface area contributed by atoms with Crippen LogP contribution in [0.3, 0.4) is 0 Å². The number of ether oxygens (including phenoxy) is 1. The topological polar surface area (TPSA) is 62.9 Å². The van der Waals surface area contributed by atoms with Crippen molar-refractivity contribution in [1.29, 1.82) is 0 Å². The minimum Gasteiger partial charge on any atom is -0.424 e. The highest BCUT2D eigenvalue weighted by Crippen LogP contribution is 2.34. The summed E-state index contributed by atoms with van der Waals surface area (Å²) in [7, 11) is 0. The number of aliphatic hydroxyl groups excluding tert-OH is 1. The van der Waals surface area contributed by atoms with Crippen molar-refractivity contribution >= 4 is 10.8 Å². The Morgan fingerprint density at radius 2 is 1.70 bits per heavy atom. The van der Waals surface area contributed by atoms with Crippen molar-refractivity contribution in [3.05, 3.63) is 70.3 Å². The number of morpholine rings is 1. The second-order valence-electron chi connectivity index (χ2n) is 6.94. The monoisotopic (exact) mass is 365 g/mol. The molecule has 1 atom stereocenters. The van der Waals surface area contributed by atoms with E-state index in [1.165, 1.54) is 5.56 Å². The summed E-state index contributed by atoms with van der Waals surface area (Å²) in [6.07, 6.45) is -0.870. The quantitative estimate of drug-likeness (QED) is 0.768. The molecule has 3 aromatic rings. The van der Waals surface area contributed by atoms with Crippen LogP contribution in [0.4, 0.5) is 0 Å². The summed E-state index contributed by atoms with van der Waals surface area (Å²) in [5.41, 5.74) is 2.50. The van der Waals surface area contributed by atoms with Crippen molar-refractivity contribution in [2.75, 3.05) is 26.3 Å². The molecule has 0 bridgehead atoms. The van der Waals surface area contributed by atoms with E-state index in [2.05, 4.69) is 17.0 Å². The summed E-state index contributed by atoms with van der Waals surface area (Å²) in [6.45, 7) is 5.96. The molecule has 1 aromatic heterocycles. The Labute approximate surface area is 157 Å². The Hall–Kier alpha value is -2.47. The molecule has 1 saturated heterocycles. The fraction of sp³-hybridized carbons (Fsp3) is 0.318. The van der Waals surface area contributed by atoms with Gasteiger partial charge in [-0.2, -0.15) is 0 Å². The summed E-state index contributed by atoms with van der Waals surface area (Å²) in [5.74, 6) is 0.305. The zero-order valence-corrected chi connectivity index (χ0v) is 15.4. The molecule has 0 saturated carbocycles. The highest BCUT2D eigenvalue weighted by atomic mass is 16.5. The van der Waals surface area contributed by atoms with Crippen molar-refractivity contribution in [3.8, 4) is 11.1 Å². The molecule has 1 N–H and O–H groups in total. The predicted molar refractivity (Wildman–Crippen MR) is 105 cm³/mol. The summed E-state index contributed by atoms with van der Waals surface area (Å²) in [4.78, 5) is 14.6. The van der Waals surface area contributed by atoms with E-state index in [-0.39, 0.29) is 0 Å². The van der Waals surface area contributed by atoms with E-state index in [0.717, 1.165) is 49.4 Å². The summed E-state index contributed by atoms with van der Waals surface area (Å²) < 4.78 is 10.9. The average Bonchev–Trinajstić information content (AvgIpc) is 2.69. The maximum atomic E-state index is 12.3. The molecule has 0 aliphatic carbocycles. The van der Waals surface area contributed by atoms with Crippen LogP contribution in [0, 0.1) is 0 Å². The van der Waals surface area contributed by atoms with Gasteiger partial charge in [0.25, 0.3) is 0 Å². The lowest BCUT2D eigenvalue weighted by Gasteiger charge is -2.26. The second kappa shape index (κ2) is 7.64. The predicted octanol–water partition coefficient (Wildman–Crippen LogP) is 3.35. The molecule has 1 aliphatic rings. The van der Waals surface area contributed by atoms with E-state index in [1.807, 2.05) is 30.3 Å². The molecule has 1 unspecified atom stereocenters. The Balaban J connectivity index is 1.74. The fourth-order valence-corrected chi connectivity index (χ4v) is 3.60. The first-order valence-electron chi connectivity index (χ1n) is 9.26. The van der Waals surface area contributed by atoms with Crippen molar-refractivity contribution in [2.45, 2.75) is 19.6 Å². The lowest BCUT2D eigenvalue weighted by Crippen LogP contribution is -2.35. The number of benzene rings is 2. The molecular weight excluding hydrogens is 342 g/mol. The van der Waals surface area contributed by atoms with E-state index in [4.69, 9.17) is 9.15 Å². The van der Waals surface area contributed by atoms with E-state index in [1.54, 1.807) is 13.0 Å². The molecule has 2 heterocycles. The van der Waals surface area contributed by atoms with E-state index >= 15 is 0 Å². The van der Waals surface area contributed by atoms with Crippen molar-refractivity contribution in [1.82, 2.24) is 4.90 Å². The minimum absolute atomic E-state index is 0.305. The van der Waals surface area contributed by atoms with Crippen molar-refractivity contribution in [3.63, 3.8) is 0 Å². The number of hydrogen-bond donors (Lipinski definition) is 1. The van der Waals surface area contributed by atoms with Crippen LogP contribution in [0.5, 0.6) is 0 Å². The van der Waals surface area contributed by atoms with Gasteiger partial charge in [0.05, 0.1) is 18.6 Å². The van der Waals surface area contributed by atoms with Gasteiger partial charge in [-0.05, 0) is 24.1 Å². The molecule has 27 heavy (non-hydrogen) atoms. The van der Waals surface area contributed by atoms with Crippen molar-refractivity contribution < 1.29 is 14.3 Å². The Bertz CT molecular complexity index is 985. The lowest BCUT2D eigenvalue weighted by atomic mass is 9.96. The third-order valence-electron chi connectivity index (χ3n) is 5.00. The molecule has 5 heteroatoms. The number of hydrogen-bond acceptors (Lipinski definition) is 5. The normalized spacial score (nSPS) is 16.5. The second-order valence-corrected chi connectivity index (χ2v) is 6.94. The third kappa shape index (κ3) is 3.67. The molecule has 140 valence electrons. The smallest absolute Gasteiger partial charge is 0.343 e. The van der Waals surface area contributed by atoms with Crippen LogP contribution in [0.25, 0.3) is 21.9 Å². The molecule has 1 aliphatic heterocycles. The van der Waals surface area contributed by atoms with Gasteiger partial charge < -0.3 is 14.3 Å². The molecule has 0 amide bonds. The molecule has 2 aromatic carbocycles. The maximum absolute atomic E-state index is 12.3. The summed E-state index contributed by atoms with van der Waals surface area (Å²) in [6, 6.07) is 15.6. The molecule has 0 spiro atoms. The van der Waals surface area contributed by atoms with Crippen LogP contribution >= 0.6 is 0 Å². The van der Waals surface area contributed by atoms with E-state index in [9.17, 15) is 9.90 Å². The van der Waals surface area contributed by atoms with Crippen LogP contribution in [-0.4, -0.2) is 36.3 Å². The van der Waals surface area contributed by atoms with Gasteiger partial charge >= 0.3 is 5.63 Å². The first kappa shape index (κ1) is 17.9.